The Morgan fingerprint density at radius 1 is 1.38 bits per heavy atom. The first-order chi connectivity index (χ1) is 7.65. The number of halogens is 1. The van der Waals surface area contributed by atoms with Gasteiger partial charge in [0.1, 0.15) is 17.4 Å². The molecule has 0 aliphatic heterocycles. The highest BCUT2D eigenvalue weighted by atomic mass is 79.9. The monoisotopic (exact) mass is 297 g/mol. The van der Waals surface area contributed by atoms with Crippen molar-refractivity contribution in [2.24, 2.45) is 0 Å². The Kier molecular flexibility index (Phi) is 3.61. The first-order valence-electron chi connectivity index (χ1n) is 4.96. The summed E-state index contributed by atoms with van der Waals surface area (Å²) < 4.78 is 6.68. The highest BCUT2D eigenvalue weighted by Gasteiger charge is 2.04. The third-order valence-electron chi connectivity index (χ3n) is 2.23. The van der Waals surface area contributed by atoms with Gasteiger partial charge in [-0.25, -0.2) is 4.98 Å². The van der Waals surface area contributed by atoms with Gasteiger partial charge in [0.15, 0.2) is 0 Å². The molecule has 16 heavy (non-hydrogen) atoms. The van der Waals surface area contributed by atoms with Crippen molar-refractivity contribution in [3.05, 3.63) is 44.3 Å². The minimum atomic E-state index is 0.538. The summed E-state index contributed by atoms with van der Waals surface area (Å²) in [5.41, 5.74) is 1.10. The maximum absolute atomic E-state index is 5.66. The smallest absolute Gasteiger partial charge is 0.140 e. The maximum atomic E-state index is 5.66. The molecule has 1 aromatic carbocycles. The first kappa shape index (κ1) is 11.6. The van der Waals surface area contributed by atoms with E-state index < -0.39 is 0 Å². The molecular weight excluding hydrogens is 286 g/mol. The van der Waals surface area contributed by atoms with Crippen LogP contribution in [0.5, 0.6) is 5.75 Å². The molecule has 84 valence electrons. The van der Waals surface area contributed by atoms with Gasteiger partial charge >= 0.3 is 0 Å². The Hall–Kier alpha value is -0.870. The van der Waals surface area contributed by atoms with Crippen LogP contribution in [-0.4, -0.2) is 4.98 Å². The quantitative estimate of drug-likeness (QED) is 0.851. The van der Waals surface area contributed by atoms with E-state index in [0.29, 0.717) is 6.61 Å². The molecule has 1 heterocycles. The minimum Gasteiger partial charge on any atom is -0.486 e. The van der Waals surface area contributed by atoms with Gasteiger partial charge < -0.3 is 4.74 Å². The summed E-state index contributed by atoms with van der Waals surface area (Å²) in [6.45, 7) is 4.64. The predicted molar refractivity (Wildman–Crippen MR) is 70.1 cm³/mol. The van der Waals surface area contributed by atoms with Crippen LogP contribution in [0.15, 0.2) is 28.7 Å². The average Bonchev–Trinajstić information content (AvgIpc) is 2.56. The lowest BCUT2D eigenvalue weighted by molar-refractivity contribution is 0.305. The molecule has 0 N–H and O–H groups in total. The van der Waals surface area contributed by atoms with E-state index in [-0.39, 0.29) is 0 Å². The predicted octanol–water partition coefficient (Wildman–Crippen LogP) is 4.10. The molecule has 0 aliphatic rings. The van der Waals surface area contributed by atoms with Gasteiger partial charge in [0.05, 0.1) is 5.69 Å². The molecule has 4 heteroatoms. The van der Waals surface area contributed by atoms with E-state index in [9.17, 15) is 0 Å². The zero-order valence-corrected chi connectivity index (χ0v) is 11.6. The van der Waals surface area contributed by atoms with E-state index >= 15 is 0 Å². The number of benzene rings is 1. The molecule has 0 atom stereocenters. The van der Waals surface area contributed by atoms with Crippen LogP contribution in [0.1, 0.15) is 15.6 Å². The van der Waals surface area contributed by atoms with Gasteiger partial charge in [0.2, 0.25) is 0 Å². The number of ether oxygens (including phenoxy) is 1. The van der Waals surface area contributed by atoms with Crippen LogP contribution in [0.4, 0.5) is 0 Å². The zero-order valence-electron chi connectivity index (χ0n) is 9.16. The number of rotatable bonds is 3. The van der Waals surface area contributed by atoms with Crippen molar-refractivity contribution >= 4 is 27.3 Å². The number of aromatic nitrogens is 1. The van der Waals surface area contributed by atoms with Crippen LogP contribution in [-0.2, 0) is 6.61 Å². The maximum Gasteiger partial charge on any atom is 0.140 e. The Labute approximate surface area is 107 Å². The second-order valence-electron chi connectivity index (χ2n) is 3.50. The van der Waals surface area contributed by atoms with E-state index in [4.69, 9.17) is 4.74 Å². The second-order valence-corrected chi connectivity index (χ2v) is 5.70. The summed E-state index contributed by atoms with van der Waals surface area (Å²) in [6, 6.07) is 7.83. The standard InChI is InChI=1S/C12H12BrNOS/c1-8-9(2)16-12(14-8)7-15-11-5-3-4-10(13)6-11/h3-6H,7H2,1-2H3. The fourth-order valence-electron chi connectivity index (χ4n) is 1.30. The van der Waals surface area contributed by atoms with Crippen molar-refractivity contribution in [2.75, 3.05) is 0 Å². The topological polar surface area (TPSA) is 22.1 Å². The molecule has 2 aromatic rings. The molecule has 2 rings (SSSR count). The molecule has 0 bridgehead atoms. The van der Waals surface area contributed by atoms with Gasteiger partial charge in [-0.2, -0.15) is 0 Å². The van der Waals surface area contributed by atoms with Gasteiger partial charge in [-0.1, -0.05) is 22.0 Å². The first-order valence-corrected chi connectivity index (χ1v) is 6.57. The lowest BCUT2D eigenvalue weighted by atomic mass is 10.3. The molecular formula is C12H12BrNOS. The SMILES string of the molecule is Cc1nc(COc2cccc(Br)c2)sc1C. The van der Waals surface area contributed by atoms with Crippen molar-refractivity contribution in [3.63, 3.8) is 0 Å². The highest BCUT2D eigenvalue weighted by molar-refractivity contribution is 9.10. The Bertz CT molecular complexity index is 476. The van der Waals surface area contributed by atoms with Gasteiger partial charge in [-0.15, -0.1) is 11.3 Å². The van der Waals surface area contributed by atoms with E-state index in [0.717, 1.165) is 20.9 Å². The Morgan fingerprint density at radius 2 is 2.19 bits per heavy atom. The average molecular weight is 298 g/mol. The third-order valence-corrected chi connectivity index (χ3v) is 3.77. The van der Waals surface area contributed by atoms with Crippen LogP contribution in [0.25, 0.3) is 0 Å². The zero-order chi connectivity index (χ0) is 11.5. The summed E-state index contributed by atoms with van der Waals surface area (Å²) in [5.74, 6) is 0.861. The molecule has 0 spiro atoms. The van der Waals surface area contributed by atoms with E-state index in [2.05, 4.69) is 27.8 Å². The molecule has 0 fully saturated rings. The summed E-state index contributed by atoms with van der Waals surface area (Å²) in [7, 11) is 0. The number of nitrogens with zero attached hydrogens (tertiary/aromatic N) is 1. The van der Waals surface area contributed by atoms with Crippen LogP contribution >= 0.6 is 27.3 Å². The number of aryl methyl sites for hydroxylation is 2. The van der Waals surface area contributed by atoms with Crippen molar-refractivity contribution in [1.82, 2.24) is 4.98 Å². The highest BCUT2D eigenvalue weighted by Crippen LogP contribution is 2.21. The van der Waals surface area contributed by atoms with E-state index in [1.807, 2.05) is 31.2 Å². The molecule has 0 unspecified atom stereocenters. The third kappa shape index (κ3) is 2.83. The molecule has 0 radical (unpaired) electrons. The summed E-state index contributed by atoms with van der Waals surface area (Å²) in [4.78, 5) is 5.69. The van der Waals surface area contributed by atoms with Crippen molar-refractivity contribution in [3.8, 4) is 5.75 Å². The van der Waals surface area contributed by atoms with E-state index in [1.54, 1.807) is 11.3 Å². The van der Waals surface area contributed by atoms with Crippen molar-refractivity contribution in [1.29, 1.82) is 0 Å². The molecule has 0 amide bonds. The molecule has 0 saturated carbocycles. The van der Waals surface area contributed by atoms with Crippen LogP contribution in [0.3, 0.4) is 0 Å². The summed E-state index contributed by atoms with van der Waals surface area (Å²) in [5, 5.41) is 1.02. The van der Waals surface area contributed by atoms with Gasteiger partial charge in [-0.3, -0.25) is 0 Å². The Morgan fingerprint density at radius 3 is 2.81 bits per heavy atom. The number of hydrogen-bond acceptors (Lipinski definition) is 3. The molecule has 0 aliphatic carbocycles. The van der Waals surface area contributed by atoms with Gasteiger partial charge in [0, 0.05) is 9.35 Å². The fraction of sp³-hybridized carbons (Fsp3) is 0.250. The van der Waals surface area contributed by atoms with Crippen molar-refractivity contribution in [2.45, 2.75) is 20.5 Å². The number of hydrogen-bond donors (Lipinski definition) is 0. The minimum absolute atomic E-state index is 0.538. The lowest BCUT2D eigenvalue weighted by Crippen LogP contribution is -1.94. The molecule has 1 aromatic heterocycles. The van der Waals surface area contributed by atoms with Gasteiger partial charge in [-0.05, 0) is 32.0 Å². The van der Waals surface area contributed by atoms with Crippen LogP contribution < -0.4 is 4.74 Å². The van der Waals surface area contributed by atoms with E-state index in [1.165, 1.54) is 4.88 Å². The lowest BCUT2D eigenvalue weighted by Gasteiger charge is -2.03. The molecule has 2 nitrogen and oxygen atoms in total. The summed E-state index contributed by atoms with van der Waals surface area (Å²) in [6.07, 6.45) is 0. The van der Waals surface area contributed by atoms with Crippen LogP contribution in [0.2, 0.25) is 0 Å². The second kappa shape index (κ2) is 4.97. The normalized spacial score (nSPS) is 10.4. The summed E-state index contributed by atoms with van der Waals surface area (Å²) >= 11 is 5.10. The fourth-order valence-corrected chi connectivity index (χ4v) is 2.53. The number of thiazole rings is 1. The molecule has 0 saturated heterocycles. The van der Waals surface area contributed by atoms with Gasteiger partial charge in [0.25, 0.3) is 0 Å². The van der Waals surface area contributed by atoms with Crippen molar-refractivity contribution < 1.29 is 4.74 Å². The Balaban J connectivity index is 2.02. The largest absolute Gasteiger partial charge is 0.486 e. The van der Waals surface area contributed by atoms with Crippen LogP contribution in [0, 0.1) is 13.8 Å².